The summed E-state index contributed by atoms with van der Waals surface area (Å²) in [6.07, 6.45) is 0. The van der Waals surface area contributed by atoms with Crippen molar-refractivity contribution in [3.8, 4) is 11.8 Å². The summed E-state index contributed by atoms with van der Waals surface area (Å²) in [6.45, 7) is 4.26. The molecule has 3 heteroatoms. The zero-order valence-corrected chi connectivity index (χ0v) is 12.2. The molecule has 0 aliphatic heterocycles. The number of nitrogens with one attached hydrogen (secondary N) is 1. The molecule has 3 N–H and O–H groups in total. The largest absolute Gasteiger partial charge is 0.322 e. The average Bonchev–Trinajstić information content (AvgIpc) is 2.47. The maximum atomic E-state index is 12.2. The van der Waals surface area contributed by atoms with Crippen LogP contribution >= 0.6 is 0 Å². The van der Waals surface area contributed by atoms with Crippen LogP contribution in [0.3, 0.4) is 0 Å². The third kappa shape index (κ3) is 3.95. The second-order valence-electron chi connectivity index (χ2n) is 4.86. The van der Waals surface area contributed by atoms with Crippen LogP contribution in [0.15, 0.2) is 42.5 Å². The van der Waals surface area contributed by atoms with E-state index in [1.54, 1.807) is 6.07 Å². The van der Waals surface area contributed by atoms with Gasteiger partial charge in [-0.05, 0) is 43.7 Å². The Morgan fingerprint density at radius 3 is 2.71 bits per heavy atom. The number of nitrogens with two attached hydrogens (primary N) is 1. The fourth-order valence-corrected chi connectivity index (χ4v) is 1.97. The normalized spacial score (nSPS) is 9.67. The molecule has 3 nitrogen and oxygen atoms in total. The lowest BCUT2D eigenvalue weighted by Gasteiger charge is -2.08. The monoisotopic (exact) mass is 278 g/mol. The van der Waals surface area contributed by atoms with Crippen LogP contribution < -0.4 is 11.1 Å². The number of carbonyl (C=O) groups excluding carboxylic acids is 1. The Bertz CT molecular complexity index is 723. The Kier molecular flexibility index (Phi) is 4.76. The Morgan fingerprint density at radius 2 is 2.00 bits per heavy atom. The fraction of sp³-hybridized carbons (Fsp3) is 0.167. The Labute approximate surface area is 125 Å². The van der Waals surface area contributed by atoms with E-state index in [9.17, 15) is 4.79 Å². The summed E-state index contributed by atoms with van der Waals surface area (Å²) in [4.78, 5) is 12.2. The van der Waals surface area contributed by atoms with Crippen molar-refractivity contribution in [2.24, 2.45) is 5.73 Å². The SMILES string of the molecule is Cc1cccc(C(=O)Nc2ccc(C)c(C#CCN)c2)c1. The lowest BCUT2D eigenvalue weighted by molar-refractivity contribution is 0.102. The number of hydrogen-bond donors (Lipinski definition) is 2. The summed E-state index contributed by atoms with van der Waals surface area (Å²) in [5.74, 6) is 5.71. The van der Waals surface area contributed by atoms with E-state index in [2.05, 4.69) is 17.2 Å². The van der Waals surface area contributed by atoms with Gasteiger partial charge in [0.05, 0.1) is 6.54 Å². The molecule has 0 saturated carbocycles. The van der Waals surface area contributed by atoms with Crippen LogP contribution in [-0.4, -0.2) is 12.5 Å². The van der Waals surface area contributed by atoms with Gasteiger partial charge in [-0.1, -0.05) is 35.6 Å². The minimum atomic E-state index is -0.125. The van der Waals surface area contributed by atoms with E-state index in [1.807, 2.05) is 50.2 Å². The van der Waals surface area contributed by atoms with Crippen molar-refractivity contribution in [2.45, 2.75) is 13.8 Å². The van der Waals surface area contributed by atoms with Crippen molar-refractivity contribution < 1.29 is 4.79 Å². The molecular weight excluding hydrogens is 260 g/mol. The van der Waals surface area contributed by atoms with Crippen LogP contribution in [0.25, 0.3) is 0 Å². The highest BCUT2D eigenvalue weighted by molar-refractivity contribution is 6.04. The number of amides is 1. The third-order valence-electron chi connectivity index (χ3n) is 3.10. The summed E-state index contributed by atoms with van der Waals surface area (Å²) in [5, 5.41) is 2.89. The van der Waals surface area contributed by atoms with Crippen molar-refractivity contribution >= 4 is 11.6 Å². The summed E-state index contributed by atoms with van der Waals surface area (Å²) in [6, 6.07) is 13.2. The van der Waals surface area contributed by atoms with Gasteiger partial charge < -0.3 is 11.1 Å². The Hall–Kier alpha value is -2.57. The fourth-order valence-electron chi connectivity index (χ4n) is 1.97. The minimum Gasteiger partial charge on any atom is -0.322 e. The highest BCUT2D eigenvalue weighted by atomic mass is 16.1. The molecule has 2 rings (SSSR count). The lowest BCUT2D eigenvalue weighted by Crippen LogP contribution is -2.12. The van der Waals surface area contributed by atoms with E-state index in [0.29, 0.717) is 12.1 Å². The van der Waals surface area contributed by atoms with Crippen molar-refractivity contribution in [1.29, 1.82) is 0 Å². The second-order valence-corrected chi connectivity index (χ2v) is 4.86. The molecule has 0 aromatic heterocycles. The van der Waals surface area contributed by atoms with E-state index >= 15 is 0 Å². The number of anilines is 1. The van der Waals surface area contributed by atoms with Crippen molar-refractivity contribution in [2.75, 3.05) is 11.9 Å². The summed E-state index contributed by atoms with van der Waals surface area (Å²) in [5.41, 5.74) is 9.76. The topological polar surface area (TPSA) is 55.1 Å². The number of rotatable bonds is 2. The number of aryl methyl sites for hydroxylation is 2. The van der Waals surface area contributed by atoms with Gasteiger partial charge in [0, 0.05) is 16.8 Å². The Balaban J connectivity index is 2.21. The van der Waals surface area contributed by atoms with Crippen LogP contribution in [0.5, 0.6) is 0 Å². The summed E-state index contributed by atoms with van der Waals surface area (Å²) >= 11 is 0. The van der Waals surface area contributed by atoms with Crippen LogP contribution in [0.1, 0.15) is 27.0 Å². The van der Waals surface area contributed by atoms with Gasteiger partial charge in [0.2, 0.25) is 0 Å². The van der Waals surface area contributed by atoms with Crippen LogP contribution in [0.4, 0.5) is 5.69 Å². The lowest BCUT2D eigenvalue weighted by atomic mass is 10.1. The molecule has 0 aliphatic carbocycles. The first-order chi connectivity index (χ1) is 10.1. The predicted octanol–water partition coefficient (Wildman–Crippen LogP) is 2.87. The zero-order valence-electron chi connectivity index (χ0n) is 12.2. The summed E-state index contributed by atoms with van der Waals surface area (Å²) in [7, 11) is 0. The molecule has 0 saturated heterocycles. The molecule has 1 amide bonds. The molecule has 2 aromatic carbocycles. The van der Waals surface area contributed by atoms with Gasteiger partial charge in [-0.25, -0.2) is 0 Å². The first kappa shape index (κ1) is 14.8. The van der Waals surface area contributed by atoms with Crippen molar-refractivity contribution in [1.82, 2.24) is 0 Å². The Morgan fingerprint density at radius 1 is 1.19 bits per heavy atom. The molecule has 0 heterocycles. The van der Waals surface area contributed by atoms with E-state index in [0.717, 1.165) is 22.4 Å². The molecule has 0 atom stereocenters. The molecule has 106 valence electrons. The van der Waals surface area contributed by atoms with Gasteiger partial charge in [0.25, 0.3) is 5.91 Å². The number of benzene rings is 2. The molecular formula is C18H18N2O. The highest BCUT2D eigenvalue weighted by Gasteiger charge is 2.07. The smallest absolute Gasteiger partial charge is 0.255 e. The molecule has 0 radical (unpaired) electrons. The third-order valence-corrected chi connectivity index (χ3v) is 3.10. The van der Waals surface area contributed by atoms with Gasteiger partial charge in [-0.15, -0.1) is 0 Å². The zero-order chi connectivity index (χ0) is 15.2. The molecule has 2 aromatic rings. The van der Waals surface area contributed by atoms with E-state index < -0.39 is 0 Å². The van der Waals surface area contributed by atoms with Crippen LogP contribution in [-0.2, 0) is 0 Å². The van der Waals surface area contributed by atoms with Gasteiger partial charge in [-0.2, -0.15) is 0 Å². The van der Waals surface area contributed by atoms with E-state index in [-0.39, 0.29) is 5.91 Å². The molecule has 21 heavy (non-hydrogen) atoms. The minimum absolute atomic E-state index is 0.125. The standard InChI is InChI=1S/C18H18N2O/c1-13-5-3-6-16(11-13)18(21)20-17-9-8-14(2)15(12-17)7-4-10-19/h3,5-6,8-9,11-12H,10,19H2,1-2H3,(H,20,21). The van der Waals surface area contributed by atoms with E-state index in [1.165, 1.54) is 0 Å². The van der Waals surface area contributed by atoms with Gasteiger partial charge in [-0.3, -0.25) is 4.79 Å². The second kappa shape index (κ2) is 6.74. The van der Waals surface area contributed by atoms with Gasteiger partial charge in [0.15, 0.2) is 0 Å². The summed E-state index contributed by atoms with van der Waals surface area (Å²) < 4.78 is 0. The first-order valence-corrected chi connectivity index (χ1v) is 6.78. The number of carbonyl (C=O) groups is 1. The maximum absolute atomic E-state index is 12.2. The molecule has 0 spiro atoms. The molecule has 0 unspecified atom stereocenters. The van der Waals surface area contributed by atoms with Crippen LogP contribution in [0.2, 0.25) is 0 Å². The van der Waals surface area contributed by atoms with Crippen LogP contribution in [0, 0.1) is 25.7 Å². The maximum Gasteiger partial charge on any atom is 0.255 e. The number of hydrogen-bond acceptors (Lipinski definition) is 2. The quantitative estimate of drug-likeness (QED) is 0.830. The van der Waals surface area contributed by atoms with Crippen molar-refractivity contribution in [3.05, 3.63) is 64.7 Å². The highest BCUT2D eigenvalue weighted by Crippen LogP contribution is 2.16. The average molecular weight is 278 g/mol. The van der Waals surface area contributed by atoms with Gasteiger partial charge >= 0.3 is 0 Å². The van der Waals surface area contributed by atoms with Gasteiger partial charge in [0.1, 0.15) is 0 Å². The molecule has 0 aliphatic rings. The van der Waals surface area contributed by atoms with E-state index in [4.69, 9.17) is 5.73 Å². The van der Waals surface area contributed by atoms with Crippen molar-refractivity contribution in [3.63, 3.8) is 0 Å². The molecule has 0 fully saturated rings. The predicted molar refractivity (Wildman–Crippen MR) is 86.2 cm³/mol. The molecule has 0 bridgehead atoms. The first-order valence-electron chi connectivity index (χ1n) is 6.78.